The third-order valence-corrected chi connectivity index (χ3v) is 4.55. The molecule has 3 N–H and O–H groups in total. The molecule has 0 amide bonds. The van der Waals surface area contributed by atoms with Crippen molar-refractivity contribution in [2.75, 3.05) is 17.7 Å². The predicted molar refractivity (Wildman–Crippen MR) is 112 cm³/mol. The number of hydrogen-bond acceptors (Lipinski definition) is 6. The maximum atomic E-state index is 12.4. The molecule has 0 unspecified atom stereocenters. The first-order chi connectivity index (χ1) is 14.1. The fourth-order valence-electron chi connectivity index (χ4n) is 2.99. The lowest BCUT2D eigenvalue weighted by Gasteiger charge is -2.08. The molecule has 8 heteroatoms. The molecule has 29 heavy (non-hydrogen) atoms. The molecule has 0 aliphatic carbocycles. The van der Waals surface area contributed by atoms with Crippen LogP contribution in [0.1, 0.15) is 16.8 Å². The van der Waals surface area contributed by atoms with Gasteiger partial charge in [-0.2, -0.15) is 9.50 Å². The molecule has 0 atom stereocenters. The van der Waals surface area contributed by atoms with Crippen LogP contribution in [0.4, 0.5) is 11.6 Å². The second kappa shape index (κ2) is 8.05. The van der Waals surface area contributed by atoms with Crippen LogP contribution >= 0.6 is 0 Å². The number of fused-ring (bicyclic) bond motifs is 1. The zero-order valence-corrected chi connectivity index (χ0v) is 16.3. The van der Waals surface area contributed by atoms with Gasteiger partial charge in [-0.25, -0.2) is 4.98 Å². The maximum Gasteiger partial charge on any atom is 0.274 e. The number of benzene rings is 2. The number of methoxy groups -OCH3 is 1. The number of aryl methyl sites for hydroxylation is 1. The molecule has 0 saturated carbocycles. The lowest BCUT2D eigenvalue weighted by molar-refractivity contribution is 0.410. The number of anilines is 2. The SMILES string of the molecule is COc1ccccc1CNc1nc2nc(CNc3ccc(C)cc3)cc(=O)n2[nH]1. The van der Waals surface area contributed by atoms with Crippen molar-refractivity contribution in [1.82, 2.24) is 19.6 Å². The molecular formula is C21H22N6O2. The van der Waals surface area contributed by atoms with Crippen LogP contribution in [0.5, 0.6) is 5.75 Å². The van der Waals surface area contributed by atoms with Gasteiger partial charge in [0.2, 0.25) is 5.95 Å². The Morgan fingerprint density at radius 3 is 2.62 bits per heavy atom. The highest BCUT2D eigenvalue weighted by Gasteiger charge is 2.09. The number of para-hydroxylation sites is 1. The van der Waals surface area contributed by atoms with Gasteiger partial charge in [-0.1, -0.05) is 35.9 Å². The standard InChI is InChI=1S/C21H22N6O2/c1-14-7-9-16(10-8-14)22-13-17-11-19(28)27-21(24-17)25-20(26-27)23-12-15-5-3-4-6-18(15)29-2/h3-11,22H,12-13H2,1-2H3,(H2,23,24,25,26). The van der Waals surface area contributed by atoms with E-state index in [1.165, 1.54) is 16.1 Å². The van der Waals surface area contributed by atoms with E-state index in [1.807, 2.05) is 55.5 Å². The molecule has 0 aliphatic rings. The fourth-order valence-corrected chi connectivity index (χ4v) is 2.99. The monoisotopic (exact) mass is 390 g/mol. The fraction of sp³-hybridized carbons (Fsp3) is 0.190. The van der Waals surface area contributed by atoms with Crippen LogP contribution < -0.4 is 20.9 Å². The summed E-state index contributed by atoms with van der Waals surface area (Å²) in [7, 11) is 1.63. The second-order valence-corrected chi connectivity index (χ2v) is 6.68. The van der Waals surface area contributed by atoms with Gasteiger partial charge in [-0.3, -0.25) is 9.89 Å². The number of aromatic nitrogens is 4. The summed E-state index contributed by atoms with van der Waals surface area (Å²) in [5, 5.41) is 9.38. The summed E-state index contributed by atoms with van der Waals surface area (Å²) >= 11 is 0. The van der Waals surface area contributed by atoms with E-state index >= 15 is 0 Å². The number of ether oxygens (including phenoxy) is 1. The molecule has 8 nitrogen and oxygen atoms in total. The van der Waals surface area contributed by atoms with Gasteiger partial charge in [-0.15, -0.1) is 0 Å². The zero-order chi connectivity index (χ0) is 20.2. The van der Waals surface area contributed by atoms with Crippen LogP contribution in [0, 0.1) is 6.92 Å². The van der Waals surface area contributed by atoms with E-state index in [2.05, 4.69) is 25.7 Å². The minimum Gasteiger partial charge on any atom is -0.496 e. The third-order valence-electron chi connectivity index (χ3n) is 4.55. The summed E-state index contributed by atoms with van der Waals surface area (Å²) < 4.78 is 6.67. The zero-order valence-electron chi connectivity index (χ0n) is 16.3. The molecule has 0 saturated heterocycles. The molecule has 0 fully saturated rings. The molecule has 0 spiro atoms. The highest BCUT2D eigenvalue weighted by Crippen LogP contribution is 2.18. The van der Waals surface area contributed by atoms with Crippen LogP contribution in [0.25, 0.3) is 5.78 Å². The van der Waals surface area contributed by atoms with Crippen LogP contribution in [-0.2, 0) is 13.1 Å². The summed E-state index contributed by atoms with van der Waals surface area (Å²) in [6, 6.07) is 17.3. The molecule has 2 aromatic carbocycles. The van der Waals surface area contributed by atoms with Gasteiger partial charge in [0.25, 0.3) is 11.3 Å². The molecule has 148 valence electrons. The van der Waals surface area contributed by atoms with Crippen molar-refractivity contribution >= 4 is 17.4 Å². The minimum atomic E-state index is -0.214. The summed E-state index contributed by atoms with van der Waals surface area (Å²) in [5.74, 6) is 1.57. The van der Waals surface area contributed by atoms with Gasteiger partial charge in [0.15, 0.2) is 0 Å². The van der Waals surface area contributed by atoms with Crippen LogP contribution in [0.3, 0.4) is 0 Å². The Balaban J connectivity index is 1.49. The van der Waals surface area contributed by atoms with E-state index in [0.29, 0.717) is 30.5 Å². The van der Waals surface area contributed by atoms with Crippen molar-refractivity contribution in [2.45, 2.75) is 20.0 Å². The first kappa shape index (κ1) is 18.5. The predicted octanol–water partition coefficient (Wildman–Crippen LogP) is 2.96. The summed E-state index contributed by atoms with van der Waals surface area (Å²) in [6.45, 7) is 2.98. The maximum absolute atomic E-state index is 12.4. The molecule has 4 aromatic rings. The Bertz CT molecular complexity index is 1180. The Labute approximate surface area is 167 Å². The number of H-pyrrole nitrogens is 1. The molecule has 0 radical (unpaired) electrons. The van der Waals surface area contributed by atoms with Gasteiger partial charge in [0.05, 0.1) is 19.3 Å². The Hall–Kier alpha value is -3.81. The topological polar surface area (TPSA) is 96.3 Å². The molecule has 0 bridgehead atoms. The van der Waals surface area contributed by atoms with Gasteiger partial charge in [-0.05, 0) is 25.1 Å². The van der Waals surface area contributed by atoms with Gasteiger partial charge in [0, 0.05) is 23.9 Å². The summed E-state index contributed by atoms with van der Waals surface area (Å²) in [6.07, 6.45) is 0. The Kier molecular flexibility index (Phi) is 5.15. The first-order valence-electron chi connectivity index (χ1n) is 9.27. The number of nitrogens with one attached hydrogen (secondary N) is 3. The minimum absolute atomic E-state index is 0.214. The number of rotatable bonds is 7. The lowest BCUT2D eigenvalue weighted by Crippen LogP contribution is -2.17. The first-order valence-corrected chi connectivity index (χ1v) is 9.27. The highest BCUT2D eigenvalue weighted by molar-refractivity contribution is 5.45. The van der Waals surface area contributed by atoms with E-state index in [9.17, 15) is 4.79 Å². The van der Waals surface area contributed by atoms with Crippen LogP contribution in [0.2, 0.25) is 0 Å². The average Bonchev–Trinajstić information content (AvgIpc) is 3.16. The Morgan fingerprint density at radius 2 is 1.83 bits per heavy atom. The third kappa shape index (κ3) is 4.21. The second-order valence-electron chi connectivity index (χ2n) is 6.68. The quantitative estimate of drug-likeness (QED) is 0.449. The molecule has 4 rings (SSSR count). The van der Waals surface area contributed by atoms with E-state index in [1.54, 1.807) is 7.11 Å². The highest BCUT2D eigenvalue weighted by atomic mass is 16.5. The van der Waals surface area contributed by atoms with Crippen LogP contribution in [0.15, 0.2) is 59.4 Å². The van der Waals surface area contributed by atoms with Crippen molar-refractivity contribution in [2.24, 2.45) is 0 Å². The summed E-state index contributed by atoms with van der Waals surface area (Å²) in [5.41, 5.74) is 3.56. The van der Waals surface area contributed by atoms with Crippen molar-refractivity contribution in [3.63, 3.8) is 0 Å². The molecule has 2 heterocycles. The normalized spacial score (nSPS) is 10.8. The van der Waals surface area contributed by atoms with Crippen molar-refractivity contribution < 1.29 is 4.74 Å². The van der Waals surface area contributed by atoms with E-state index in [0.717, 1.165) is 17.0 Å². The van der Waals surface area contributed by atoms with Crippen LogP contribution in [-0.4, -0.2) is 26.7 Å². The largest absolute Gasteiger partial charge is 0.496 e. The Morgan fingerprint density at radius 1 is 1.03 bits per heavy atom. The van der Waals surface area contributed by atoms with Crippen molar-refractivity contribution in [3.8, 4) is 5.75 Å². The lowest BCUT2D eigenvalue weighted by atomic mass is 10.2. The van der Waals surface area contributed by atoms with E-state index in [4.69, 9.17) is 4.74 Å². The number of aromatic amines is 1. The van der Waals surface area contributed by atoms with E-state index in [-0.39, 0.29) is 5.56 Å². The number of nitrogens with zero attached hydrogens (tertiary/aromatic N) is 3. The molecule has 2 aromatic heterocycles. The van der Waals surface area contributed by atoms with Crippen molar-refractivity contribution in [1.29, 1.82) is 0 Å². The van der Waals surface area contributed by atoms with Crippen molar-refractivity contribution in [3.05, 3.63) is 81.8 Å². The van der Waals surface area contributed by atoms with Gasteiger partial charge >= 0.3 is 0 Å². The van der Waals surface area contributed by atoms with Gasteiger partial charge in [0.1, 0.15) is 5.75 Å². The smallest absolute Gasteiger partial charge is 0.274 e. The molecule has 0 aliphatic heterocycles. The van der Waals surface area contributed by atoms with Gasteiger partial charge < -0.3 is 15.4 Å². The molecular weight excluding hydrogens is 368 g/mol. The summed E-state index contributed by atoms with van der Waals surface area (Å²) in [4.78, 5) is 21.3. The van der Waals surface area contributed by atoms with E-state index < -0.39 is 0 Å². The average molecular weight is 390 g/mol. The number of hydrogen-bond donors (Lipinski definition) is 3.